The monoisotopic (exact) mass is 277 g/mol. The lowest BCUT2D eigenvalue weighted by Gasteiger charge is -2.39. The Morgan fingerprint density at radius 3 is 2.80 bits per heavy atom. The fourth-order valence-electron chi connectivity index (χ4n) is 2.62. The van der Waals surface area contributed by atoms with E-state index in [-0.39, 0.29) is 12.1 Å². The Bertz CT molecular complexity index is 475. The van der Waals surface area contributed by atoms with Crippen molar-refractivity contribution in [1.29, 1.82) is 0 Å². The van der Waals surface area contributed by atoms with Crippen LogP contribution in [0.25, 0.3) is 0 Å². The summed E-state index contributed by atoms with van der Waals surface area (Å²) in [4.78, 5) is 14.5. The first-order chi connectivity index (χ1) is 9.51. The number of piperidine rings is 1. The second-order valence-corrected chi connectivity index (χ2v) is 5.68. The molecule has 0 saturated carbocycles. The van der Waals surface area contributed by atoms with Crippen LogP contribution in [-0.2, 0) is 4.74 Å². The lowest BCUT2D eigenvalue weighted by Crippen LogP contribution is -2.46. The van der Waals surface area contributed by atoms with Crippen LogP contribution in [0.2, 0.25) is 0 Å². The summed E-state index contributed by atoms with van der Waals surface area (Å²) in [5, 5.41) is 0. The molecular weight excluding hydrogens is 254 g/mol. The number of hydrogen-bond donors (Lipinski definition) is 0. The minimum absolute atomic E-state index is 0.0140. The molecule has 4 nitrogen and oxygen atoms in total. The van der Waals surface area contributed by atoms with Crippen molar-refractivity contribution in [1.82, 2.24) is 4.90 Å². The van der Waals surface area contributed by atoms with E-state index in [1.165, 1.54) is 0 Å². The summed E-state index contributed by atoms with van der Waals surface area (Å²) >= 11 is 0. The van der Waals surface area contributed by atoms with Crippen molar-refractivity contribution >= 4 is 5.97 Å². The van der Waals surface area contributed by atoms with E-state index >= 15 is 0 Å². The molecule has 1 aliphatic heterocycles. The molecule has 2 rings (SSSR count). The van der Waals surface area contributed by atoms with Gasteiger partial charge in [-0.2, -0.15) is 0 Å². The van der Waals surface area contributed by atoms with Crippen LogP contribution in [0.1, 0.15) is 30.6 Å². The first-order valence-electron chi connectivity index (χ1n) is 7.06. The topological polar surface area (TPSA) is 38.8 Å². The molecule has 0 spiro atoms. The van der Waals surface area contributed by atoms with Crippen molar-refractivity contribution in [2.75, 3.05) is 20.7 Å². The summed E-state index contributed by atoms with van der Waals surface area (Å²) in [5.41, 5.74) is 0.545. The highest BCUT2D eigenvalue weighted by atomic mass is 16.5. The Labute approximate surface area is 120 Å². The van der Waals surface area contributed by atoms with Gasteiger partial charge in [-0.25, -0.2) is 4.79 Å². The molecule has 0 aliphatic carbocycles. The van der Waals surface area contributed by atoms with E-state index in [2.05, 4.69) is 25.8 Å². The van der Waals surface area contributed by atoms with E-state index in [9.17, 15) is 4.79 Å². The van der Waals surface area contributed by atoms with E-state index in [4.69, 9.17) is 9.47 Å². The molecule has 0 bridgehead atoms. The summed E-state index contributed by atoms with van der Waals surface area (Å²) in [6.45, 7) is 5.25. The molecule has 0 unspecified atom stereocenters. The van der Waals surface area contributed by atoms with Crippen molar-refractivity contribution in [3.8, 4) is 5.75 Å². The van der Waals surface area contributed by atoms with E-state index in [0.717, 1.165) is 13.0 Å². The zero-order valence-electron chi connectivity index (χ0n) is 12.6. The molecule has 0 radical (unpaired) electrons. The molecule has 1 aromatic rings. The molecule has 1 aromatic carbocycles. The maximum Gasteiger partial charge on any atom is 0.338 e. The molecule has 3 atom stereocenters. The Hall–Kier alpha value is -1.55. The Kier molecular flexibility index (Phi) is 4.65. The van der Waals surface area contributed by atoms with Gasteiger partial charge < -0.3 is 14.4 Å². The Morgan fingerprint density at radius 1 is 1.35 bits per heavy atom. The molecule has 1 aliphatic rings. The van der Waals surface area contributed by atoms with Crippen molar-refractivity contribution in [2.24, 2.45) is 5.92 Å². The van der Waals surface area contributed by atoms with Crippen LogP contribution in [0.3, 0.4) is 0 Å². The third-order valence-corrected chi connectivity index (χ3v) is 4.10. The fraction of sp³-hybridized carbons (Fsp3) is 0.562. The predicted molar refractivity (Wildman–Crippen MR) is 78.1 cm³/mol. The molecule has 110 valence electrons. The van der Waals surface area contributed by atoms with Crippen LogP contribution in [0, 0.1) is 5.92 Å². The van der Waals surface area contributed by atoms with E-state index < -0.39 is 0 Å². The van der Waals surface area contributed by atoms with Crippen LogP contribution in [-0.4, -0.2) is 43.7 Å². The maximum absolute atomic E-state index is 12.2. The highest BCUT2D eigenvalue weighted by molar-refractivity contribution is 5.90. The van der Waals surface area contributed by atoms with E-state index in [0.29, 0.717) is 23.3 Å². The number of likely N-dealkylation sites (tertiary alicyclic amines) is 1. The minimum atomic E-state index is -0.266. The van der Waals surface area contributed by atoms with Gasteiger partial charge in [0, 0.05) is 18.5 Å². The molecule has 1 heterocycles. The van der Waals surface area contributed by atoms with Gasteiger partial charge in [0.05, 0.1) is 12.7 Å². The third kappa shape index (κ3) is 3.31. The molecule has 1 fully saturated rings. The van der Waals surface area contributed by atoms with E-state index in [1.807, 2.05) is 6.07 Å². The molecule has 0 amide bonds. The molecule has 4 heteroatoms. The van der Waals surface area contributed by atoms with Gasteiger partial charge in [0.1, 0.15) is 11.9 Å². The minimum Gasteiger partial charge on any atom is -0.497 e. The zero-order valence-corrected chi connectivity index (χ0v) is 12.6. The van der Waals surface area contributed by atoms with Gasteiger partial charge in [-0.05, 0) is 38.6 Å². The van der Waals surface area contributed by atoms with Crippen molar-refractivity contribution in [2.45, 2.75) is 32.4 Å². The van der Waals surface area contributed by atoms with Crippen LogP contribution in [0.15, 0.2) is 24.3 Å². The Morgan fingerprint density at radius 2 is 2.10 bits per heavy atom. The summed E-state index contributed by atoms with van der Waals surface area (Å²) in [6.07, 6.45) is 0.868. The summed E-state index contributed by atoms with van der Waals surface area (Å²) in [6, 6.07) is 7.53. The molecule has 0 aromatic heterocycles. The average Bonchev–Trinajstić information content (AvgIpc) is 2.44. The summed E-state index contributed by atoms with van der Waals surface area (Å²) < 4.78 is 10.8. The number of ether oxygens (including phenoxy) is 2. The molecule has 20 heavy (non-hydrogen) atoms. The van der Waals surface area contributed by atoms with Gasteiger partial charge in [0.2, 0.25) is 0 Å². The molecular formula is C16H23NO3. The first kappa shape index (κ1) is 14.9. The average molecular weight is 277 g/mol. The lowest BCUT2D eigenvalue weighted by molar-refractivity contribution is -0.0196. The summed E-state index contributed by atoms with van der Waals surface area (Å²) in [5.74, 6) is 0.757. The van der Waals surface area contributed by atoms with E-state index in [1.54, 1.807) is 25.3 Å². The number of nitrogens with zero attached hydrogens (tertiary/aromatic N) is 1. The number of carbonyl (C=O) groups is 1. The number of carbonyl (C=O) groups excluding carboxylic acids is 1. The van der Waals surface area contributed by atoms with Gasteiger partial charge in [-0.3, -0.25) is 0 Å². The van der Waals surface area contributed by atoms with Crippen LogP contribution in [0.4, 0.5) is 0 Å². The van der Waals surface area contributed by atoms with Gasteiger partial charge in [0.15, 0.2) is 0 Å². The van der Waals surface area contributed by atoms with Crippen LogP contribution >= 0.6 is 0 Å². The first-order valence-corrected chi connectivity index (χ1v) is 7.06. The number of rotatable bonds is 3. The predicted octanol–water partition coefficient (Wildman–Crippen LogP) is 2.58. The van der Waals surface area contributed by atoms with Crippen molar-refractivity contribution in [3.63, 3.8) is 0 Å². The standard InChI is InChI=1S/C16H23NO3/c1-11-10-17(3)12(2)8-15(11)20-16(18)13-6-5-7-14(9-13)19-4/h5-7,9,11-12,15H,8,10H2,1-4H3/t11-,12+,15+/m0/s1. The second-order valence-electron chi connectivity index (χ2n) is 5.68. The number of hydrogen-bond acceptors (Lipinski definition) is 4. The third-order valence-electron chi connectivity index (χ3n) is 4.10. The fourth-order valence-corrected chi connectivity index (χ4v) is 2.62. The molecule has 0 N–H and O–H groups in total. The maximum atomic E-state index is 12.2. The SMILES string of the molecule is COc1cccc(C(=O)O[C@@H]2C[C@@H](C)N(C)C[C@@H]2C)c1. The van der Waals surface area contributed by atoms with Crippen LogP contribution < -0.4 is 4.74 Å². The highest BCUT2D eigenvalue weighted by Gasteiger charge is 2.31. The normalized spacial score (nSPS) is 27.1. The smallest absolute Gasteiger partial charge is 0.338 e. The zero-order chi connectivity index (χ0) is 14.7. The number of methoxy groups -OCH3 is 1. The van der Waals surface area contributed by atoms with Crippen LogP contribution in [0.5, 0.6) is 5.75 Å². The number of esters is 1. The lowest BCUT2D eigenvalue weighted by atomic mass is 9.92. The van der Waals surface area contributed by atoms with Crippen molar-refractivity contribution in [3.05, 3.63) is 29.8 Å². The van der Waals surface area contributed by atoms with Gasteiger partial charge in [-0.15, -0.1) is 0 Å². The van der Waals surface area contributed by atoms with Gasteiger partial charge in [0.25, 0.3) is 0 Å². The highest BCUT2D eigenvalue weighted by Crippen LogP contribution is 2.25. The molecule has 1 saturated heterocycles. The summed E-state index contributed by atoms with van der Waals surface area (Å²) in [7, 11) is 3.70. The van der Waals surface area contributed by atoms with Gasteiger partial charge in [-0.1, -0.05) is 13.0 Å². The number of benzene rings is 1. The Balaban J connectivity index is 2.03. The van der Waals surface area contributed by atoms with Gasteiger partial charge >= 0.3 is 5.97 Å². The second kappa shape index (κ2) is 6.27. The largest absolute Gasteiger partial charge is 0.497 e. The quantitative estimate of drug-likeness (QED) is 0.796. The van der Waals surface area contributed by atoms with Crippen molar-refractivity contribution < 1.29 is 14.3 Å².